The second-order valence-corrected chi connectivity index (χ2v) is 3.76. The summed E-state index contributed by atoms with van der Waals surface area (Å²) in [6, 6.07) is 3.77. The van der Waals surface area contributed by atoms with Crippen molar-refractivity contribution in [3.63, 3.8) is 0 Å². The van der Waals surface area contributed by atoms with Crippen LogP contribution in [0.2, 0.25) is 0 Å². The maximum Gasteiger partial charge on any atom is 0.328 e. The first-order chi connectivity index (χ1) is 9.60. The Morgan fingerprint density at radius 1 is 1.55 bits per heavy atom. The largest absolute Gasteiger partial charge is 0.384 e. The summed E-state index contributed by atoms with van der Waals surface area (Å²) in [4.78, 5) is 15.6. The summed E-state index contributed by atoms with van der Waals surface area (Å²) in [5.41, 5.74) is 0.192. The van der Waals surface area contributed by atoms with Gasteiger partial charge in [0.15, 0.2) is 5.82 Å². The van der Waals surface area contributed by atoms with Crippen molar-refractivity contribution in [3.05, 3.63) is 41.0 Å². The van der Waals surface area contributed by atoms with Crippen molar-refractivity contribution in [1.29, 1.82) is 0 Å². The number of halogens is 1. The predicted octanol–water partition coefficient (Wildman–Crippen LogP) is 1.11. The van der Waals surface area contributed by atoms with Gasteiger partial charge in [0.1, 0.15) is 12.4 Å². The minimum atomic E-state index is -0.733. The van der Waals surface area contributed by atoms with Crippen molar-refractivity contribution in [2.24, 2.45) is 0 Å². The molecule has 0 radical (unpaired) electrons. The molecule has 0 spiro atoms. The number of amides is 1. The summed E-state index contributed by atoms with van der Waals surface area (Å²) in [6.07, 6.45) is 0. The Bertz CT molecular complexity index is 700. The van der Waals surface area contributed by atoms with Crippen LogP contribution in [0.4, 0.5) is 10.4 Å². The maximum absolute atomic E-state index is 13.8. The van der Waals surface area contributed by atoms with Gasteiger partial charge in [0.25, 0.3) is 5.91 Å². The molecule has 0 unspecified atom stereocenters. The zero-order chi connectivity index (χ0) is 14.5. The molecule has 0 aliphatic heterocycles. The van der Waals surface area contributed by atoms with Crippen LogP contribution in [-0.2, 0) is 0 Å². The number of benzene rings is 1. The van der Waals surface area contributed by atoms with Gasteiger partial charge in [0.05, 0.1) is 5.56 Å². The number of aryl methyl sites for hydroxylation is 1. The number of hydrogen-bond acceptors (Lipinski definition) is 5. The van der Waals surface area contributed by atoms with Crippen molar-refractivity contribution in [2.75, 3.05) is 11.9 Å². The number of carbonyl (C=O) groups excluding carboxylic acids is 1. The predicted molar refractivity (Wildman–Crippen MR) is 67.4 cm³/mol. The Morgan fingerprint density at radius 2 is 2.35 bits per heavy atom. The topological polar surface area (TPSA) is 88.2 Å². The molecule has 102 valence electrons. The molecule has 0 saturated heterocycles. The molecule has 20 heavy (non-hydrogen) atoms. The highest BCUT2D eigenvalue weighted by Gasteiger charge is 2.14. The fourth-order valence-corrected chi connectivity index (χ4v) is 1.43. The Balaban J connectivity index is 2.18. The van der Waals surface area contributed by atoms with Gasteiger partial charge in [-0.25, -0.2) is 4.39 Å². The lowest BCUT2D eigenvalue weighted by molar-refractivity contribution is 0.101. The molecular weight excluding hydrogens is 265 g/mol. The number of nitrogens with one attached hydrogen (secondary N) is 1. The summed E-state index contributed by atoms with van der Waals surface area (Å²) < 4.78 is 18.5. The van der Waals surface area contributed by atoms with Crippen molar-refractivity contribution in [1.82, 2.24) is 10.1 Å². The van der Waals surface area contributed by atoms with Crippen LogP contribution < -0.4 is 5.32 Å². The summed E-state index contributed by atoms with van der Waals surface area (Å²) >= 11 is 0. The normalized spacial score (nSPS) is 9.75. The third kappa shape index (κ3) is 3.18. The average molecular weight is 275 g/mol. The summed E-state index contributed by atoms with van der Waals surface area (Å²) in [7, 11) is 0. The molecule has 1 aromatic heterocycles. The summed E-state index contributed by atoms with van der Waals surface area (Å²) in [6.45, 7) is 1.27. The SMILES string of the molecule is Cc1noc(NC(=O)c2ccc(C#CCO)cc2F)n1. The molecule has 0 saturated carbocycles. The van der Waals surface area contributed by atoms with Crippen LogP contribution in [0.25, 0.3) is 0 Å². The van der Waals surface area contributed by atoms with E-state index in [4.69, 9.17) is 9.63 Å². The standard InChI is InChI=1S/C13H10FN3O3/c1-8-15-13(20-17-8)16-12(19)10-5-4-9(3-2-6-18)7-11(10)14/h4-5,7,18H,6H2,1H3,(H,15,16,17,19). The van der Waals surface area contributed by atoms with E-state index in [1.807, 2.05) is 0 Å². The quantitative estimate of drug-likeness (QED) is 0.802. The number of nitrogens with zero attached hydrogens (tertiary/aromatic N) is 2. The zero-order valence-electron chi connectivity index (χ0n) is 10.5. The lowest BCUT2D eigenvalue weighted by atomic mass is 10.1. The first-order valence-electron chi connectivity index (χ1n) is 5.61. The Kier molecular flexibility index (Phi) is 4.08. The van der Waals surface area contributed by atoms with Gasteiger partial charge in [0, 0.05) is 5.56 Å². The highest BCUT2D eigenvalue weighted by molar-refractivity contribution is 6.03. The number of rotatable bonds is 2. The van der Waals surface area contributed by atoms with Gasteiger partial charge >= 0.3 is 6.01 Å². The molecule has 0 atom stereocenters. The van der Waals surface area contributed by atoms with Gasteiger partial charge in [-0.1, -0.05) is 17.0 Å². The number of hydrogen-bond donors (Lipinski definition) is 2. The highest BCUT2D eigenvalue weighted by atomic mass is 19.1. The summed E-state index contributed by atoms with van der Waals surface area (Å²) in [5.74, 6) is 3.85. The smallest absolute Gasteiger partial charge is 0.328 e. The molecule has 6 nitrogen and oxygen atoms in total. The van der Waals surface area contributed by atoms with Gasteiger partial charge in [0.2, 0.25) is 0 Å². The van der Waals surface area contributed by atoms with E-state index in [0.717, 1.165) is 6.07 Å². The average Bonchev–Trinajstić information content (AvgIpc) is 2.81. The molecule has 0 aliphatic carbocycles. The van der Waals surface area contributed by atoms with E-state index < -0.39 is 11.7 Å². The van der Waals surface area contributed by atoms with Crippen LogP contribution in [0.5, 0.6) is 0 Å². The fraction of sp³-hybridized carbons (Fsp3) is 0.154. The minimum absolute atomic E-state index is 0.101. The lowest BCUT2D eigenvalue weighted by Gasteiger charge is -2.02. The van der Waals surface area contributed by atoms with E-state index in [2.05, 4.69) is 27.3 Å². The van der Waals surface area contributed by atoms with Crippen molar-refractivity contribution >= 4 is 11.9 Å². The number of aliphatic hydroxyl groups is 1. The van der Waals surface area contributed by atoms with Crippen LogP contribution in [0.1, 0.15) is 21.7 Å². The van der Waals surface area contributed by atoms with Crippen LogP contribution in [0.3, 0.4) is 0 Å². The second-order valence-electron chi connectivity index (χ2n) is 3.76. The van der Waals surface area contributed by atoms with Crippen molar-refractivity contribution in [2.45, 2.75) is 6.92 Å². The van der Waals surface area contributed by atoms with E-state index in [1.165, 1.54) is 12.1 Å². The second kappa shape index (κ2) is 5.95. The van der Waals surface area contributed by atoms with Crippen LogP contribution >= 0.6 is 0 Å². The Labute approximate surface area is 113 Å². The van der Waals surface area contributed by atoms with Crippen molar-refractivity contribution < 1.29 is 18.8 Å². The third-order valence-corrected chi connectivity index (χ3v) is 2.27. The third-order valence-electron chi connectivity index (χ3n) is 2.27. The molecular formula is C13H10FN3O3. The molecule has 0 aliphatic rings. The molecule has 0 fully saturated rings. The van der Waals surface area contributed by atoms with Gasteiger partial charge in [-0.2, -0.15) is 4.98 Å². The van der Waals surface area contributed by atoms with E-state index in [0.29, 0.717) is 11.4 Å². The van der Waals surface area contributed by atoms with Gasteiger partial charge in [-0.05, 0) is 25.1 Å². The lowest BCUT2D eigenvalue weighted by Crippen LogP contribution is -2.14. The van der Waals surface area contributed by atoms with Crippen LogP contribution in [0, 0.1) is 24.6 Å². The fourth-order valence-electron chi connectivity index (χ4n) is 1.43. The van der Waals surface area contributed by atoms with Gasteiger partial charge in [-0.15, -0.1) is 0 Å². The summed E-state index contributed by atoms with van der Waals surface area (Å²) in [5, 5.41) is 14.3. The van der Waals surface area contributed by atoms with Crippen molar-refractivity contribution in [3.8, 4) is 11.8 Å². The number of carbonyl (C=O) groups is 1. The highest BCUT2D eigenvalue weighted by Crippen LogP contribution is 2.12. The first kappa shape index (κ1) is 13.7. The monoisotopic (exact) mass is 275 g/mol. The molecule has 0 bridgehead atoms. The van der Waals surface area contributed by atoms with E-state index in [9.17, 15) is 9.18 Å². The first-order valence-corrected chi connectivity index (χ1v) is 5.61. The van der Waals surface area contributed by atoms with Crippen LogP contribution in [-0.4, -0.2) is 27.8 Å². The van der Waals surface area contributed by atoms with Gasteiger partial charge in [-0.3, -0.25) is 10.1 Å². The molecule has 1 amide bonds. The van der Waals surface area contributed by atoms with Crippen LogP contribution in [0.15, 0.2) is 22.7 Å². The molecule has 1 heterocycles. The van der Waals surface area contributed by atoms with Gasteiger partial charge < -0.3 is 9.63 Å². The zero-order valence-corrected chi connectivity index (χ0v) is 10.5. The number of anilines is 1. The van der Waals surface area contributed by atoms with E-state index in [-0.39, 0.29) is 18.2 Å². The Hall–Kier alpha value is -2.72. The van der Waals surface area contributed by atoms with E-state index in [1.54, 1.807) is 6.92 Å². The minimum Gasteiger partial charge on any atom is -0.384 e. The molecule has 1 aromatic carbocycles. The number of aliphatic hydroxyl groups excluding tert-OH is 1. The Morgan fingerprint density at radius 3 is 2.95 bits per heavy atom. The molecule has 2 aromatic rings. The van der Waals surface area contributed by atoms with E-state index >= 15 is 0 Å². The molecule has 7 heteroatoms. The molecule has 2 rings (SSSR count). The maximum atomic E-state index is 13.8. The molecule has 2 N–H and O–H groups in total. The number of aromatic nitrogens is 2.